The molecule has 1 aliphatic heterocycles. The molecule has 1 aromatic carbocycles. The summed E-state index contributed by atoms with van der Waals surface area (Å²) in [5.41, 5.74) is 7.50. The average molecular weight is 348 g/mol. The van der Waals surface area contributed by atoms with Crippen LogP contribution in [0.15, 0.2) is 18.2 Å². The summed E-state index contributed by atoms with van der Waals surface area (Å²) in [5, 5.41) is 5.81. The number of nitrogens with two attached hydrogens (primary N) is 1. The summed E-state index contributed by atoms with van der Waals surface area (Å²) in [7, 11) is 1.59. The Balaban J connectivity index is 2.02. The molecule has 1 fully saturated rings. The molecule has 25 heavy (non-hydrogen) atoms. The maximum absolute atomic E-state index is 11.9. The van der Waals surface area contributed by atoms with Crippen molar-refractivity contribution >= 4 is 23.2 Å². The topological polar surface area (TPSA) is 96.7 Å². The smallest absolute Gasteiger partial charge is 0.250 e. The van der Waals surface area contributed by atoms with E-state index in [1.807, 2.05) is 19.1 Å². The van der Waals surface area contributed by atoms with Gasteiger partial charge in [-0.2, -0.15) is 0 Å². The Morgan fingerprint density at radius 2 is 2.00 bits per heavy atom. The molecule has 0 aliphatic carbocycles. The highest BCUT2D eigenvalue weighted by molar-refractivity contribution is 6.00. The molecule has 1 saturated heterocycles. The highest BCUT2D eigenvalue weighted by atomic mass is 16.5. The highest BCUT2D eigenvalue weighted by Crippen LogP contribution is 2.25. The molecule has 1 aliphatic rings. The van der Waals surface area contributed by atoms with Crippen molar-refractivity contribution in [2.75, 3.05) is 43.6 Å². The number of nitrogens with zero attached hydrogens (tertiary/aromatic N) is 1. The first kappa shape index (κ1) is 19.1. The molecular weight excluding hydrogens is 320 g/mol. The van der Waals surface area contributed by atoms with E-state index in [0.29, 0.717) is 17.9 Å². The van der Waals surface area contributed by atoms with Crippen LogP contribution in [0, 0.1) is 0 Å². The predicted molar refractivity (Wildman–Crippen MR) is 99.0 cm³/mol. The molecule has 2 rings (SSSR count). The van der Waals surface area contributed by atoms with Crippen molar-refractivity contribution in [2.45, 2.75) is 32.2 Å². The molecule has 138 valence electrons. The van der Waals surface area contributed by atoms with Crippen molar-refractivity contribution in [2.24, 2.45) is 5.73 Å². The fourth-order valence-corrected chi connectivity index (χ4v) is 3.03. The number of carbonyl (C=O) groups excluding carboxylic acids is 2. The monoisotopic (exact) mass is 348 g/mol. The second-order valence-corrected chi connectivity index (χ2v) is 6.42. The minimum Gasteiger partial charge on any atom is -0.383 e. The summed E-state index contributed by atoms with van der Waals surface area (Å²) in [6.45, 7) is 4.36. The molecule has 4 N–H and O–H groups in total. The van der Waals surface area contributed by atoms with Crippen molar-refractivity contribution in [3.63, 3.8) is 0 Å². The summed E-state index contributed by atoms with van der Waals surface area (Å²) in [4.78, 5) is 26.0. The highest BCUT2D eigenvalue weighted by Gasteiger charge is 2.16. The van der Waals surface area contributed by atoms with E-state index in [1.165, 1.54) is 6.42 Å². The van der Waals surface area contributed by atoms with Crippen molar-refractivity contribution in [1.29, 1.82) is 0 Å². The van der Waals surface area contributed by atoms with Gasteiger partial charge in [-0.15, -0.1) is 0 Å². The van der Waals surface area contributed by atoms with Crippen LogP contribution in [0.4, 0.5) is 11.4 Å². The number of piperidine rings is 1. The van der Waals surface area contributed by atoms with Gasteiger partial charge in [0.15, 0.2) is 0 Å². The van der Waals surface area contributed by atoms with Crippen LogP contribution in [0.25, 0.3) is 0 Å². The van der Waals surface area contributed by atoms with Crippen LogP contribution < -0.4 is 21.3 Å². The van der Waals surface area contributed by atoms with E-state index in [-0.39, 0.29) is 18.5 Å². The number of nitrogens with one attached hydrogen (secondary N) is 2. The van der Waals surface area contributed by atoms with Gasteiger partial charge in [0.2, 0.25) is 5.91 Å². The zero-order valence-electron chi connectivity index (χ0n) is 15.0. The fraction of sp³-hybridized carbons (Fsp3) is 0.556. The summed E-state index contributed by atoms with van der Waals surface area (Å²) >= 11 is 0. The molecular formula is C18H28N4O3. The predicted octanol–water partition coefficient (Wildman–Crippen LogP) is 1.34. The number of benzene rings is 1. The first-order chi connectivity index (χ1) is 12.0. The number of amides is 2. The van der Waals surface area contributed by atoms with Crippen molar-refractivity contribution in [3.8, 4) is 0 Å². The Morgan fingerprint density at radius 1 is 1.28 bits per heavy atom. The first-order valence-corrected chi connectivity index (χ1v) is 8.72. The van der Waals surface area contributed by atoms with Gasteiger partial charge in [0.1, 0.15) is 0 Å². The van der Waals surface area contributed by atoms with Crippen LogP contribution in [-0.2, 0) is 9.53 Å². The summed E-state index contributed by atoms with van der Waals surface area (Å²) in [6, 6.07) is 5.51. The Bertz CT molecular complexity index is 600. The first-order valence-electron chi connectivity index (χ1n) is 8.72. The molecule has 0 spiro atoms. The van der Waals surface area contributed by atoms with Crippen molar-refractivity contribution in [3.05, 3.63) is 23.8 Å². The second-order valence-electron chi connectivity index (χ2n) is 6.42. The quantitative estimate of drug-likeness (QED) is 0.659. The lowest BCUT2D eigenvalue weighted by Crippen LogP contribution is -2.39. The molecule has 1 heterocycles. The molecule has 7 nitrogen and oxygen atoms in total. The van der Waals surface area contributed by atoms with E-state index in [4.69, 9.17) is 10.5 Å². The van der Waals surface area contributed by atoms with Gasteiger partial charge in [-0.3, -0.25) is 9.59 Å². The van der Waals surface area contributed by atoms with Gasteiger partial charge >= 0.3 is 0 Å². The number of anilines is 2. The number of hydrogen-bond acceptors (Lipinski definition) is 5. The molecule has 1 unspecified atom stereocenters. The summed E-state index contributed by atoms with van der Waals surface area (Å²) < 4.78 is 4.99. The molecule has 1 aromatic rings. The van der Waals surface area contributed by atoms with Gasteiger partial charge in [0.25, 0.3) is 5.91 Å². The van der Waals surface area contributed by atoms with E-state index in [9.17, 15) is 9.59 Å². The molecule has 7 heteroatoms. The molecule has 0 bridgehead atoms. The van der Waals surface area contributed by atoms with Crippen LogP contribution in [0.1, 0.15) is 36.5 Å². The Hall–Kier alpha value is -2.28. The minimum absolute atomic E-state index is 0.0669. The van der Waals surface area contributed by atoms with Gasteiger partial charge in [-0.1, -0.05) is 0 Å². The van der Waals surface area contributed by atoms with Crippen LogP contribution in [0.5, 0.6) is 0 Å². The van der Waals surface area contributed by atoms with Crippen LogP contribution in [-0.4, -0.2) is 51.2 Å². The normalized spacial score (nSPS) is 15.5. The van der Waals surface area contributed by atoms with E-state index >= 15 is 0 Å². The lowest BCUT2D eigenvalue weighted by atomic mass is 10.1. The lowest BCUT2D eigenvalue weighted by Gasteiger charge is -2.29. The van der Waals surface area contributed by atoms with E-state index < -0.39 is 5.91 Å². The van der Waals surface area contributed by atoms with Gasteiger partial charge in [0, 0.05) is 37.6 Å². The third kappa shape index (κ3) is 5.63. The molecule has 0 aromatic heterocycles. The maximum atomic E-state index is 11.9. The van der Waals surface area contributed by atoms with E-state index in [2.05, 4.69) is 15.5 Å². The number of carbonyl (C=O) groups is 2. The van der Waals surface area contributed by atoms with Crippen molar-refractivity contribution in [1.82, 2.24) is 5.32 Å². The van der Waals surface area contributed by atoms with Crippen LogP contribution >= 0.6 is 0 Å². The van der Waals surface area contributed by atoms with Crippen LogP contribution in [0.3, 0.4) is 0 Å². The number of methoxy groups -OCH3 is 1. The SMILES string of the molecule is COCC(C)NC(=O)CNc1ccc(N2CCCCC2)cc1C(N)=O. The van der Waals surface area contributed by atoms with Gasteiger partial charge in [-0.05, 0) is 44.4 Å². The Morgan fingerprint density at radius 3 is 2.64 bits per heavy atom. The number of ether oxygens (including phenoxy) is 1. The molecule has 2 amide bonds. The standard InChI is InChI=1S/C18H28N4O3/c1-13(12-25-2)21-17(23)11-20-16-7-6-14(10-15(16)18(19)24)22-8-4-3-5-9-22/h6-7,10,13,20H,3-5,8-9,11-12H2,1-2H3,(H2,19,24)(H,21,23). The van der Waals surface area contributed by atoms with Crippen molar-refractivity contribution < 1.29 is 14.3 Å². The minimum atomic E-state index is -0.505. The third-order valence-electron chi connectivity index (χ3n) is 4.25. The summed E-state index contributed by atoms with van der Waals surface area (Å²) in [6.07, 6.45) is 3.56. The van der Waals surface area contributed by atoms with E-state index in [0.717, 1.165) is 31.6 Å². The third-order valence-corrected chi connectivity index (χ3v) is 4.25. The number of rotatable bonds is 8. The maximum Gasteiger partial charge on any atom is 0.250 e. The largest absolute Gasteiger partial charge is 0.383 e. The summed E-state index contributed by atoms with van der Waals surface area (Å²) in [5.74, 6) is -0.672. The van der Waals surface area contributed by atoms with Gasteiger partial charge < -0.3 is 26.0 Å². The van der Waals surface area contributed by atoms with Gasteiger partial charge in [-0.25, -0.2) is 0 Å². The second kappa shape index (κ2) is 9.27. The zero-order valence-corrected chi connectivity index (χ0v) is 15.0. The van der Waals surface area contributed by atoms with E-state index in [1.54, 1.807) is 13.2 Å². The molecule has 0 radical (unpaired) electrons. The number of hydrogen-bond donors (Lipinski definition) is 3. The molecule has 0 saturated carbocycles. The number of primary amides is 1. The van der Waals surface area contributed by atoms with Crippen LogP contribution in [0.2, 0.25) is 0 Å². The average Bonchev–Trinajstić information content (AvgIpc) is 2.60. The Kier molecular flexibility index (Phi) is 7.06. The van der Waals surface area contributed by atoms with Gasteiger partial charge in [0.05, 0.1) is 18.7 Å². The zero-order chi connectivity index (χ0) is 18.2. The Labute approximate surface area is 148 Å². The fourth-order valence-electron chi connectivity index (χ4n) is 3.03. The lowest BCUT2D eigenvalue weighted by molar-refractivity contribution is -0.120. The molecule has 1 atom stereocenters.